The summed E-state index contributed by atoms with van der Waals surface area (Å²) in [5.41, 5.74) is 21.9. The first-order valence-corrected chi connectivity index (χ1v) is 31.2. The zero-order chi connectivity index (χ0) is 61.9. The van der Waals surface area contributed by atoms with E-state index in [0.29, 0.717) is 40.6 Å². The summed E-state index contributed by atoms with van der Waals surface area (Å²) in [4.78, 5) is 40.0. The van der Waals surface area contributed by atoms with Gasteiger partial charge in [0.25, 0.3) is 0 Å². The summed E-state index contributed by atoms with van der Waals surface area (Å²) in [7, 11) is 0. The predicted octanol–water partition coefficient (Wildman–Crippen LogP) is 20.5. The van der Waals surface area contributed by atoms with Crippen molar-refractivity contribution < 1.29 is 0 Å². The average molecular weight is 1180 g/mol. The fourth-order valence-electron chi connectivity index (χ4n) is 13.6. The Balaban J connectivity index is 0.000000148. The van der Waals surface area contributed by atoms with Gasteiger partial charge in [0, 0.05) is 56.0 Å². The quantitative estimate of drug-likeness (QED) is 0.141. The number of rotatable bonds is 9. The second-order valence-corrected chi connectivity index (χ2v) is 24.6. The van der Waals surface area contributed by atoms with Crippen LogP contribution in [0.4, 0.5) is 0 Å². The number of pyridine rings is 2. The third kappa shape index (κ3) is 9.81. The van der Waals surface area contributed by atoms with E-state index in [1.54, 1.807) is 0 Å². The number of hydrogen-bond donors (Lipinski definition) is 0. The van der Waals surface area contributed by atoms with E-state index in [1.165, 1.54) is 71.6 Å². The van der Waals surface area contributed by atoms with E-state index in [0.717, 1.165) is 55.9 Å². The summed E-state index contributed by atoms with van der Waals surface area (Å²) < 4.78 is 0. The average Bonchev–Trinajstić information content (AvgIpc) is 1.57. The van der Waals surface area contributed by atoms with Crippen molar-refractivity contribution in [3.63, 3.8) is 0 Å². The van der Waals surface area contributed by atoms with Crippen LogP contribution in [0.3, 0.4) is 0 Å². The van der Waals surface area contributed by atoms with Crippen molar-refractivity contribution in [1.82, 2.24) is 39.9 Å². The Morgan fingerprint density at radius 1 is 0.228 bits per heavy atom. The Morgan fingerprint density at radius 2 is 0.576 bits per heavy atom. The lowest BCUT2D eigenvalue weighted by Crippen LogP contribution is -2.15. The molecule has 0 bridgehead atoms. The fourth-order valence-corrected chi connectivity index (χ4v) is 13.6. The molecule has 2 aliphatic carbocycles. The Bertz CT molecular complexity index is 5250. The highest BCUT2D eigenvalue weighted by molar-refractivity contribution is 6.09. The van der Waals surface area contributed by atoms with Gasteiger partial charge in [-0.2, -0.15) is 0 Å². The van der Waals surface area contributed by atoms with Crippen LogP contribution in [0.5, 0.6) is 0 Å². The lowest BCUT2D eigenvalue weighted by atomic mass is 9.81. The van der Waals surface area contributed by atoms with Gasteiger partial charge in [-0.15, -0.1) is 0 Å². The molecule has 0 amide bonds. The molecule has 0 N–H and O–H groups in total. The minimum Gasteiger partial charge on any atom is -0.255 e. The molecule has 0 radical (unpaired) electrons. The first-order valence-electron chi connectivity index (χ1n) is 31.2. The third-order valence-corrected chi connectivity index (χ3v) is 18.3. The number of hydrogen-bond acceptors (Lipinski definition) is 8. The largest absolute Gasteiger partial charge is 0.255 e. The van der Waals surface area contributed by atoms with E-state index < -0.39 is 0 Å². The van der Waals surface area contributed by atoms with E-state index in [2.05, 4.69) is 210 Å². The fraction of sp³-hybridized carbons (Fsp3) is 0.0714. The van der Waals surface area contributed by atoms with E-state index in [4.69, 9.17) is 39.9 Å². The van der Waals surface area contributed by atoms with Gasteiger partial charge >= 0.3 is 0 Å². The van der Waals surface area contributed by atoms with E-state index >= 15 is 0 Å². The number of aromatic nitrogens is 8. The number of nitrogens with zero attached hydrogens (tertiary/aromatic N) is 8. The van der Waals surface area contributed by atoms with Crippen LogP contribution >= 0.6 is 0 Å². The first kappa shape index (κ1) is 55.6. The van der Waals surface area contributed by atoms with Crippen molar-refractivity contribution >= 4 is 21.5 Å². The zero-order valence-electron chi connectivity index (χ0n) is 51.3. The van der Waals surface area contributed by atoms with E-state index in [-0.39, 0.29) is 10.8 Å². The summed E-state index contributed by atoms with van der Waals surface area (Å²) in [6.07, 6.45) is 1.90. The van der Waals surface area contributed by atoms with Gasteiger partial charge in [-0.25, -0.2) is 34.9 Å². The number of fused-ring (bicyclic) bond motifs is 8. The molecule has 17 rings (SSSR count). The molecule has 15 aromatic rings. The lowest BCUT2D eigenvalue weighted by molar-refractivity contribution is 0.661. The molecule has 92 heavy (non-hydrogen) atoms. The number of benzene rings is 11. The standard InChI is InChI=1S/C45H32N4.C39H28N4/c1-45(2)37-20-12-11-19-36(37)40-38(45)27-33-17-9-10-18-35(33)41(40)39-26-25-34(28-46-39)44-48-42(31-15-7-4-8-16-31)47-43(49-44)32-23-21-30(22-24-32)29-13-5-3-6-14-29;1-39(2)30-21-12-11-20-29(30)34-31(39)24-27-18-9-10-19-28(27)35(34)32-22-13-23-33(40-32)38-42-36(25-14-5-3-6-15-25)41-37(43-38)26-16-7-4-8-17-26/h3-28H,1-2H3;3-24H,1-2H3. The molecule has 0 unspecified atom stereocenters. The second kappa shape index (κ2) is 22.7. The van der Waals surface area contributed by atoms with Crippen molar-refractivity contribution in [2.24, 2.45) is 0 Å². The van der Waals surface area contributed by atoms with Crippen LogP contribution < -0.4 is 0 Å². The first-order chi connectivity index (χ1) is 45.1. The molecule has 4 heterocycles. The Morgan fingerprint density at radius 3 is 1.04 bits per heavy atom. The molecule has 0 atom stereocenters. The second-order valence-electron chi connectivity index (χ2n) is 24.6. The molecule has 0 aliphatic heterocycles. The summed E-state index contributed by atoms with van der Waals surface area (Å²) in [5.74, 6) is 3.63. The van der Waals surface area contributed by atoms with Crippen LogP contribution in [0.15, 0.2) is 291 Å². The molecule has 436 valence electrons. The van der Waals surface area contributed by atoms with Gasteiger partial charge in [0.15, 0.2) is 34.9 Å². The van der Waals surface area contributed by atoms with Crippen LogP contribution in [0, 0.1) is 0 Å². The van der Waals surface area contributed by atoms with Crippen molar-refractivity contribution in [2.75, 3.05) is 0 Å². The molecule has 2 aliphatic rings. The Hall–Kier alpha value is -11.7. The van der Waals surface area contributed by atoms with E-state index in [9.17, 15) is 0 Å². The highest BCUT2D eigenvalue weighted by atomic mass is 15.1. The minimum absolute atomic E-state index is 0.112. The van der Waals surface area contributed by atoms with Crippen LogP contribution in [-0.4, -0.2) is 39.9 Å². The smallest absolute Gasteiger partial charge is 0.182 e. The maximum absolute atomic E-state index is 5.28. The summed E-state index contributed by atoms with van der Waals surface area (Å²) in [6.45, 7) is 9.29. The van der Waals surface area contributed by atoms with Crippen LogP contribution in [0.2, 0.25) is 0 Å². The molecule has 0 fully saturated rings. The van der Waals surface area contributed by atoms with Crippen molar-refractivity contribution in [1.29, 1.82) is 0 Å². The molecule has 0 saturated heterocycles. The zero-order valence-corrected chi connectivity index (χ0v) is 51.3. The van der Waals surface area contributed by atoms with Crippen LogP contribution in [0.25, 0.3) is 146 Å². The molecule has 8 heteroatoms. The third-order valence-electron chi connectivity index (χ3n) is 18.3. The molecule has 8 nitrogen and oxygen atoms in total. The molecule has 4 aromatic heterocycles. The van der Waals surface area contributed by atoms with Gasteiger partial charge in [-0.3, -0.25) is 4.98 Å². The van der Waals surface area contributed by atoms with Gasteiger partial charge in [0.1, 0.15) is 5.69 Å². The maximum atomic E-state index is 5.28. The molecular formula is C84H60N8. The Kier molecular flexibility index (Phi) is 13.7. The topological polar surface area (TPSA) is 103 Å². The Labute approximate surface area is 534 Å². The normalized spacial score (nSPS) is 13.0. The SMILES string of the molecule is CC1(C)c2ccccc2-c2c1cc1ccccc1c2-c1ccc(-c2nc(-c3ccccc3)nc(-c3ccc(-c4ccccc4)cc3)n2)cn1.CC1(C)c2ccccc2-c2c1cc1ccccc1c2-c1cccc(-c2nc(-c3ccccc3)nc(-c3ccccc3)n2)n1. The predicted molar refractivity (Wildman–Crippen MR) is 374 cm³/mol. The van der Waals surface area contributed by atoms with Crippen LogP contribution in [0.1, 0.15) is 49.9 Å². The van der Waals surface area contributed by atoms with Crippen molar-refractivity contribution in [3.8, 4) is 124 Å². The highest BCUT2D eigenvalue weighted by Gasteiger charge is 2.39. The summed E-state index contributed by atoms with van der Waals surface area (Å²) in [6, 6.07) is 98.9. The molecule has 0 spiro atoms. The van der Waals surface area contributed by atoms with Gasteiger partial charge in [0.05, 0.1) is 11.4 Å². The van der Waals surface area contributed by atoms with Gasteiger partial charge in [0.2, 0.25) is 0 Å². The van der Waals surface area contributed by atoms with Crippen molar-refractivity contribution in [2.45, 2.75) is 38.5 Å². The summed E-state index contributed by atoms with van der Waals surface area (Å²) in [5, 5.41) is 4.81. The highest BCUT2D eigenvalue weighted by Crippen LogP contribution is 2.56. The minimum atomic E-state index is -0.119. The maximum Gasteiger partial charge on any atom is 0.182 e. The summed E-state index contributed by atoms with van der Waals surface area (Å²) >= 11 is 0. The van der Waals surface area contributed by atoms with Crippen molar-refractivity contribution in [3.05, 3.63) is 314 Å². The molecular weight excluding hydrogens is 1120 g/mol. The van der Waals surface area contributed by atoms with Gasteiger partial charge in [-0.05, 0) is 114 Å². The van der Waals surface area contributed by atoms with Gasteiger partial charge in [-0.1, -0.05) is 276 Å². The van der Waals surface area contributed by atoms with Crippen LogP contribution in [-0.2, 0) is 10.8 Å². The van der Waals surface area contributed by atoms with E-state index in [1.807, 2.05) is 109 Å². The molecule has 11 aromatic carbocycles. The van der Waals surface area contributed by atoms with Gasteiger partial charge < -0.3 is 0 Å². The lowest BCUT2D eigenvalue weighted by Gasteiger charge is -2.22. The molecule has 0 saturated carbocycles. The monoisotopic (exact) mass is 1180 g/mol.